The first-order chi connectivity index (χ1) is 16.4. The van der Waals surface area contributed by atoms with Crippen LogP contribution < -0.4 is 15.2 Å². The Kier molecular flexibility index (Phi) is 6.03. The molecule has 0 unspecified atom stereocenters. The fourth-order valence-electron chi connectivity index (χ4n) is 5.38. The summed E-state index contributed by atoms with van der Waals surface area (Å²) in [5, 5.41) is 14.1. The summed E-state index contributed by atoms with van der Waals surface area (Å²) < 4.78 is 12.2. The van der Waals surface area contributed by atoms with Crippen molar-refractivity contribution in [2.24, 2.45) is 23.5 Å². The fraction of sp³-hybridized carbons (Fsp3) is 0.400. The summed E-state index contributed by atoms with van der Waals surface area (Å²) in [4.78, 5) is 29.0. The minimum atomic E-state index is -0.879. The van der Waals surface area contributed by atoms with Crippen LogP contribution in [0.2, 0.25) is 0 Å². The van der Waals surface area contributed by atoms with Gasteiger partial charge in [-0.05, 0) is 60.2 Å². The van der Waals surface area contributed by atoms with Gasteiger partial charge in [-0.15, -0.1) is 11.3 Å². The molecule has 3 aromatic rings. The molecule has 1 saturated carbocycles. The maximum absolute atomic E-state index is 11.6. The number of primary amides is 1. The van der Waals surface area contributed by atoms with Gasteiger partial charge >= 0.3 is 6.09 Å². The van der Waals surface area contributed by atoms with Crippen molar-refractivity contribution in [2.75, 3.05) is 19.7 Å². The Balaban J connectivity index is 1.39. The van der Waals surface area contributed by atoms with Crippen molar-refractivity contribution in [3.63, 3.8) is 0 Å². The highest BCUT2D eigenvalue weighted by atomic mass is 32.1. The molecule has 5 rings (SSSR count). The predicted octanol–water partition coefficient (Wildman–Crippen LogP) is 4.03. The number of thiazole rings is 1. The van der Waals surface area contributed by atoms with E-state index in [1.165, 1.54) is 16.2 Å². The van der Waals surface area contributed by atoms with E-state index in [0.29, 0.717) is 26.1 Å². The third kappa shape index (κ3) is 4.40. The summed E-state index contributed by atoms with van der Waals surface area (Å²) in [6, 6.07) is 12.1. The van der Waals surface area contributed by atoms with Crippen LogP contribution in [0.3, 0.4) is 0 Å². The lowest BCUT2D eigenvalue weighted by Gasteiger charge is -2.26. The molecule has 9 heteroatoms. The van der Waals surface area contributed by atoms with Gasteiger partial charge in [0.15, 0.2) is 0 Å². The van der Waals surface area contributed by atoms with Crippen molar-refractivity contribution in [3.8, 4) is 11.5 Å². The van der Waals surface area contributed by atoms with Crippen LogP contribution in [0.1, 0.15) is 28.8 Å². The number of carboxylic acid groups (broad SMARTS) is 1. The third-order valence-electron chi connectivity index (χ3n) is 6.92. The second-order valence-corrected chi connectivity index (χ2v) is 9.91. The summed E-state index contributed by atoms with van der Waals surface area (Å²) >= 11 is 1.41. The number of likely N-dealkylation sites (tertiary alicyclic amines) is 1. The Labute approximate surface area is 201 Å². The van der Waals surface area contributed by atoms with Crippen molar-refractivity contribution in [1.29, 1.82) is 0 Å². The number of benzene rings is 2. The minimum absolute atomic E-state index is 0.0700. The summed E-state index contributed by atoms with van der Waals surface area (Å²) in [5.74, 6) is 1.58. The first-order valence-electron chi connectivity index (χ1n) is 11.5. The number of amides is 2. The highest BCUT2D eigenvalue weighted by Gasteiger charge is 2.50. The number of rotatable bonds is 7. The molecular weight excluding hydrogens is 454 g/mol. The normalized spacial score (nSPS) is 23.7. The zero-order valence-electron chi connectivity index (χ0n) is 18.8. The van der Waals surface area contributed by atoms with E-state index in [9.17, 15) is 14.7 Å². The largest absolute Gasteiger partial charge is 0.494 e. The Morgan fingerprint density at radius 2 is 1.94 bits per heavy atom. The van der Waals surface area contributed by atoms with E-state index < -0.39 is 12.0 Å². The van der Waals surface area contributed by atoms with E-state index in [4.69, 9.17) is 15.2 Å². The summed E-state index contributed by atoms with van der Waals surface area (Å²) in [7, 11) is 0. The van der Waals surface area contributed by atoms with Crippen molar-refractivity contribution < 1.29 is 24.2 Å². The molecule has 178 valence electrons. The van der Waals surface area contributed by atoms with Crippen molar-refractivity contribution in [1.82, 2.24) is 9.88 Å². The number of hydrogen-bond acceptors (Lipinski definition) is 6. The second-order valence-electron chi connectivity index (χ2n) is 8.97. The molecular formula is C25H27N3O5S. The van der Waals surface area contributed by atoms with Gasteiger partial charge in [-0.25, -0.2) is 9.78 Å². The summed E-state index contributed by atoms with van der Waals surface area (Å²) in [6.45, 7) is 3.58. The van der Waals surface area contributed by atoms with Crippen LogP contribution in [0.5, 0.6) is 11.5 Å². The zero-order chi connectivity index (χ0) is 23.8. The molecule has 3 N–H and O–H groups in total. The van der Waals surface area contributed by atoms with Crippen LogP contribution in [0, 0.1) is 17.8 Å². The van der Waals surface area contributed by atoms with E-state index >= 15 is 0 Å². The summed E-state index contributed by atoms with van der Waals surface area (Å²) in [6.07, 6.45) is 0.457. The minimum Gasteiger partial charge on any atom is -0.494 e. The first kappa shape index (κ1) is 22.5. The molecule has 2 aliphatic rings. The monoisotopic (exact) mass is 481 g/mol. The number of nitrogens with zero attached hydrogens (tertiary/aromatic N) is 2. The molecule has 1 aromatic heterocycles. The summed E-state index contributed by atoms with van der Waals surface area (Å²) in [5.41, 5.74) is 5.65. The topological polar surface area (TPSA) is 115 Å². The van der Waals surface area contributed by atoms with Gasteiger partial charge in [0.2, 0.25) is 0 Å². The van der Waals surface area contributed by atoms with Gasteiger partial charge in [-0.1, -0.05) is 12.1 Å². The number of aromatic nitrogens is 1. The lowest BCUT2D eigenvalue weighted by atomic mass is 9.89. The molecule has 2 heterocycles. The number of nitrogens with two attached hydrogens (primary N) is 1. The maximum atomic E-state index is 11.6. The molecule has 1 saturated heterocycles. The SMILES string of the molecule is CCOc1ccc2ccc(O[C@H]3C[C@@H]4CN(C(=O)O)C[C@H]4[C@H]3Cc3nc(C(N)=O)cs3)cc2c1. The molecule has 0 bridgehead atoms. The molecule has 0 spiro atoms. The third-order valence-corrected chi connectivity index (χ3v) is 7.79. The highest BCUT2D eigenvalue weighted by molar-refractivity contribution is 7.09. The van der Waals surface area contributed by atoms with Crippen molar-refractivity contribution >= 4 is 34.1 Å². The van der Waals surface area contributed by atoms with Gasteiger partial charge in [0, 0.05) is 30.8 Å². The Morgan fingerprint density at radius 1 is 1.18 bits per heavy atom. The van der Waals surface area contributed by atoms with E-state index in [0.717, 1.165) is 33.7 Å². The number of carbonyl (C=O) groups is 2. The molecule has 1 aliphatic carbocycles. The number of carbonyl (C=O) groups excluding carboxylic acids is 1. The predicted molar refractivity (Wildman–Crippen MR) is 129 cm³/mol. The quantitative estimate of drug-likeness (QED) is 0.527. The van der Waals surface area contributed by atoms with Crippen LogP contribution in [0.4, 0.5) is 4.79 Å². The van der Waals surface area contributed by atoms with E-state index in [-0.39, 0.29) is 29.6 Å². The van der Waals surface area contributed by atoms with Crippen LogP contribution >= 0.6 is 11.3 Å². The number of ether oxygens (including phenoxy) is 2. The van der Waals surface area contributed by atoms with Gasteiger partial charge in [0.25, 0.3) is 5.91 Å². The van der Waals surface area contributed by atoms with Crippen LogP contribution in [-0.4, -0.2) is 52.8 Å². The molecule has 0 radical (unpaired) electrons. The van der Waals surface area contributed by atoms with Gasteiger partial charge in [0.1, 0.15) is 23.3 Å². The number of hydrogen-bond donors (Lipinski definition) is 2. The Hall–Kier alpha value is -3.33. The average Bonchev–Trinajstić information content (AvgIpc) is 3.51. The average molecular weight is 482 g/mol. The molecule has 4 atom stereocenters. The fourth-order valence-corrected chi connectivity index (χ4v) is 6.24. The lowest BCUT2D eigenvalue weighted by Crippen LogP contribution is -2.33. The molecule has 1 aliphatic heterocycles. The lowest BCUT2D eigenvalue weighted by molar-refractivity contribution is 0.0995. The Bertz CT molecular complexity index is 1230. The molecule has 2 amide bonds. The molecule has 8 nitrogen and oxygen atoms in total. The van der Waals surface area contributed by atoms with E-state index in [2.05, 4.69) is 4.98 Å². The van der Waals surface area contributed by atoms with Crippen molar-refractivity contribution in [2.45, 2.75) is 25.9 Å². The standard InChI is InChI=1S/C25H27N3O5S/c1-2-32-17-5-3-14-4-6-18(8-15(14)7-17)33-22-9-16-11-28(25(30)31)12-20(16)19(22)10-23-27-21(13-34-23)24(26)29/h3-8,13,16,19-20,22H,2,9-12H2,1H3,(H2,26,29)(H,30,31)/t16-,19-,20-,22+/m1/s1. The van der Waals surface area contributed by atoms with E-state index in [1.807, 2.05) is 43.3 Å². The Morgan fingerprint density at radius 3 is 2.65 bits per heavy atom. The van der Waals surface area contributed by atoms with Gasteiger partial charge in [-0.2, -0.15) is 0 Å². The maximum Gasteiger partial charge on any atom is 0.407 e. The molecule has 2 aromatic carbocycles. The highest BCUT2D eigenvalue weighted by Crippen LogP contribution is 2.46. The second kappa shape index (κ2) is 9.13. The number of fused-ring (bicyclic) bond motifs is 2. The zero-order valence-corrected chi connectivity index (χ0v) is 19.7. The van der Waals surface area contributed by atoms with Crippen molar-refractivity contribution in [3.05, 3.63) is 52.5 Å². The van der Waals surface area contributed by atoms with Gasteiger partial charge < -0.3 is 25.2 Å². The molecule has 34 heavy (non-hydrogen) atoms. The van der Waals surface area contributed by atoms with Crippen LogP contribution in [0.25, 0.3) is 10.8 Å². The van der Waals surface area contributed by atoms with Gasteiger partial charge in [0.05, 0.1) is 11.6 Å². The first-order valence-corrected chi connectivity index (χ1v) is 12.3. The molecule has 2 fully saturated rings. The van der Waals surface area contributed by atoms with Crippen LogP contribution in [-0.2, 0) is 6.42 Å². The van der Waals surface area contributed by atoms with Crippen LogP contribution in [0.15, 0.2) is 41.8 Å². The van der Waals surface area contributed by atoms with E-state index in [1.54, 1.807) is 5.38 Å². The smallest absolute Gasteiger partial charge is 0.407 e. The van der Waals surface area contributed by atoms with Gasteiger partial charge in [-0.3, -0.25) is 4.79 Å².